The number of carbonyl (C=O) groups excluding carboxylic acids is 1. The third-order valence-electron chi connectivity index (χ3n) is 8.31. The van der Waals surface area contributed by atoms with E-state index in [2.05, 4.69) is 16.9 Å². The van der Waals surface area contributed by atoms with Gasteiger partial charge in [0.25, 0.3) is 0 Å². The monoisotopic (exact) mass is 611 g/mol. The maximum atomic E-state index is 16.1. The largest absolute Gasteiger partial charge is 0.385 e. The number of carbonyl (C=O) groups is 1. The molecule has 11 heteroatoms. The first kappa shape index (κ1) is 30.1. The first-order valence-corrected chi connectivity index (χ1v) is 15.2. The highest BCUT2D eigenvalue weighted by Crippen LogP contribution is 2.34. The summed E-state index contributed by atoms with van der Waals surface area (Å²) in [7, 11) is 0. The zero-order valence-electron chi connectivity index (χ0n) is 25.6. The number of hydrogen-bond donors (Lipinski definition) is 1. The van der Waals surface area contributed by atoms with E-state index in [-0.39, 0.29) is 40.6 Å². The standard InChI is InChI=1S/C34H35F2N7O2/c1-5-29(44)41-13-14-42(21(4)19-41)32-25-17-27(36)31-24-16-23(10-11-26(24)35)37-12-8-6-7-9-22-15-28(30(20(2)3)38-18-22)43(33(25)39-31)34(45)40-32/h5-7,10-11,15-18,20-21,37H,1,8-9,12-14,19H2,2-4H3/b7-6+/t21-/m0/s1. The van der Waals surface area contributed by atoms with Gasteiger partial charge in [-0.15, -0.1) is 0 Å². The fourth-order valence-corrected chi connectivity index (χ4v) is 6.03. The van der Waals surface area contributed by atoms with Gasteiger partial charge in [-0.25, -0.2) is 23.1 Å². The van der Waals surface area contributed by atoms with Gasteiger partial charge in [0.05, 0.1) is 16.8 Å². The molecule has 3 aromatic heterocycles. The van der Waals surface area contributed by atoms with Gasteiger partial charge in [-0.2, -0.15) is 4.98 Å². The Morgan fingerprint density at radius 2 is 1.93 bits per heavy atom. The molecule has 2 aliphatic rings. The van der Waals surface area contributed by atoms with Crippen LogP contribution in [0.1, 0.15) is 44.4 Å². The molecule has 1 atom stereocenters. The number of allylic oxidation sites excluding steroid dienone is 1. The Kier molecular flexibility index (Phi) is 8.18. The number of anilines is 2. The van der Waals surface area contributed by atoms with Crippen molar-refractivity contribution in [1.82, 2.24) is 24.4 Å². The summed E-state index contributed by atoms with van der Waals surface area (Å²) in [6.45, 7) is 11.2. The summed E-state index contributed by atoms with van der Waals surface area (Å²) in [5.74, 6) is -1.38. The highest BCUT2D eigenvalue weighted by molar-refractivity contribution is 5.91. The Labute approximate surface area is 259 Å². The second-order valence-corrected chi connectivity index (χ2v) is 11.8. The molecule has 1 amide bonds. The molecular formula is C34H35F2N7O2. The molecule has 4 aromatic rings. The number of piperazine rings is 1. The lowest BCUT2D eigenvalue weighted by atomic mass is 10.0. The van der Waals surface area contributed by atoms with E-state index < -0.39 is 17.3 Å². The smallest absolute Gasteiger partial charge is 0.355 e. The zero-order chi connectivity index (χ0) is 31.8. The predicted octanol–water partition coefficient (Wildman–Crippen LogP) is 5.38. The number of benzene rings is 1. The van der Waals surface area contributed by atoms with Crippen LogP contribution in [0.15, 0.2) is 66.1 Å². The normalized spacial score (nSPS) is 17.4. The Morgan fingerprint density at radius 1 is 1.11 bits per heavy atom. The van der Waals surface area contributed by atoms with Gasteiger partial charge in [-0.3, -0.25) is 9.78 Å². The minimum atomic E-state index is -0.750. The molecule has 0 aliphatic carbocycles. The van der Waals surface area contributed by atoms with Crippen molar-refractivity contribution in [3.63, 3.8) is 0 Å². The van der Waals surface area contributed by atoms with Gasteiger partial charge in [-0.1, -0.05) is 32.6 Å². The van der Waals surface area contributed by atoms with Crippen molar-refractivity contribution in [2.24, 2.45) is 0 Å². The van der Waals surface area contributed by atoms with E-state index in [1.165, 1.54) is 28.8 Å². The molecule has 1 fully saturated rings. The van der Waals surface area contributed by atoms with Crippen molar-refractivity contribution in [3.8, 4) is 16.9 Å². The zero-order valence-corrected chi connectivity index (χ0v) is 25.6. The SMILES string of the molecule is C=CC(=O)N1CCN(c2nc(=O)n3c4nc(c(F)cc24)-c2cc(ccc2F)NCC/C=C/Cc2cnc(C(C)C)c-3c2)[C@@H](C)C1. The molecule has 0 saturated carbocycles. The summed E-state index contributed by atoms with van der Waals surface area (Å²) in [6.07, 6.45) is 8.48. The van der Waals surface area contributed by atoms with Crippen molar-refractivity contribution in [2.75, 3.05) is 36.4 Å². The number of fused-ring (bicyclic) bond motifs is 7. The summed E-state index contributed by atoms with van der Waals surface area (Å²) in [5.41, 5.74) is 1.92. The van der Waals surface area contributed by atoms with Gasteiger partial charge >= 0.3 is 5.69 Å². The number of halogens is 2. The Bertz CT molecular complexity index is 1900. The fraction of sp³-hybridized carbons (Fsp3) is 0.324. The lowest BCUT2D eigenvalue weighted by molar-refractivity contribution is -0.126. The molecule has 0 spiro atoms. The molecule has 1 aromatic carbocycles. The van der Waals surface area contributed by atoms with E-state index in [1.54, 1.807) is 17.2 Å². The third-order valence-corrected chi connectivity index (χ3v) is 8.31. The Balaban J connectivity index is 1.65. The Hall–Kier alpha value is -4.93. The van der Waals surface area contributed by atoms with Crippen LogP contribution in [0.5, 0.6) is 0 Å². The van der Waals surface area contributed by atoms with Crippen LogP contribution in [0.4, 0.5) is 20.3 Å². The van der Waals surface area contributed by atoms with Crippen molar-refractivity contribution in [2.45, 2.75) is 45.6 Å². The fourth-order valence-electron chi connectivity index (χ4n) is 6.03. The van der Waals surface area contributed by atoms with Crippen LogP contribution in [0.3, 0.4) is 0 Å². The van der Waals surface area contributed by atoms with E-state index in [0.717, 1.165) is 12.0 Å². The highest BCUT2D eigenvalue weighted by atomic mass is 19.1. The number of amides is 1. The van der Waals surface area contributed by atoms with Crippen LogP contribution < -0.4 is 15.9 Å². The number of hydrogen-bond acceptors (Lipinski definition) is 7. The predicted molar refractivity (Wildman–Crippen MR) is 172 cm³/mol. The molecular weight excluding hydrogens is 576 g/mol. The van der Waals surface area contributed by atoms with Crippen LogP contribution in [0.25, 0.3) is 28.0 Å². The number of nitrogens with zero attached hydrogens (tertiary/aromatic N) is 6. The number of rotatable bonds is 3. The van der Waals surface area contributed by atoms with Gasteiger partial charge in [0, 0.05) is 49.7 Å². The van der Waals surface area contributed by atoms with E-state index in [0.29, 0.717) is 55.1 Å². The molecule has 45 heavy (non-hydrogen) atoms. The van der Waals surface area contributed by atoms with E-state index >= 15 is 8.78 Å². The van der Waals surface area contributed by atoms with Gasteiger partial charge in [0.15, 0.2) is 5.65 Å². The number of nitrogens with one attached hydrogen (secondary N) is 1. The lowest BCUT2D eigenvalue weighted by Crippen LogP contribution is -2.54. The van der Waals surface area contributed by atoms with Crippen LogP contribution in [0.2, 0.25) is 0 Å². The van der Waals surface area contributed by atoms with Crippen molar-refractivity contribution < 1.29 is 13.6 Å². The van der Waals surface area contributed by atoms with Gasteiger partial charge < -0.3 is 15.1 Å². The number of pyridine rings is 2. The van der Waals surface area contributed by atoms with E-state index in [4.69, 9.17) is 9.97 Å². The molecule has 0 radical (unpaired) electrons. The van der Waals surface area contributed by atoms with Gasteiger partial charge in [0.2, 0.25) is 5.91 Å². The first-order valence-electron chi connectivity index (χ1n) is 15.2. The molecule has 1 N–H and O–H groups in total. The summed E-state index contributed by atoms with van der Waals surface area (Å²) in [6, 6.07) is 7.35. The van der Waals surface area contributed by atoms with Gasteiger partial charge in [-0.05, 0) is 67.7 Å². The average Bonchev–Trinajstić information content (AvgIpc) is 3.02. The summed E-state index contributed by atoms with van der Waals surface area (Å²) in [4.78, 5) is 43.9. The highest BCUT2D eigenvalue weighted by Gasteiger charge is 2.30. The van der Waals surface area contributed by atoms with Crippen LogP contribution >= 0.6 is 0 Å². The Morgan fingerprint density at radius 3 is 2.69 bits per heavy atom. The van der Waals surface area contributed by atoms with Crippen molar-refractivity contribution in [3.05, 3.63) is 94.7 Å². The minimum absolute atomic E-state index is 0.0275. The minimum Gasteiger partial charge on any atom is -0.385 e. The van der Waals surface area contributed by atoms with Gasteiger partial charge in [0.1, 0.15) is 23.1 Å². The summed E-state index contributed by atoms with van der Waals surface area (Å²) in [5, 5.41) is 3.56. The maximum absolute atomic E-state index is 16.1. The molecule has 6 rings (SSSR count). The molecule has 0 unspecified atom stereocenters. The summed E-state index contributed by atoms with van der Waals surface area (Å²) >= 11 is 0. The average molecular weight is 612 g/mol. The molecule has 5 heterocycles. The summed E-state index contributed by atoms with van der Waals surface area (Å²) < 4.78 is 32.8. The van der Waals surface area contributed by atoms with Crippen LogP contribution in [-0.2, 0) is 11.2 Å². The molecule has 1 saturated heterocycles. The maximum Gasteiger partial charge on any atom is 0.355 e. The lowest BCUT2D eigenvalue weighted by Gasteiger charge is -2.40. The molecule has 9 nitrogen and oxygen atoms in total. The second kappa shape index (κ2) is 12.2. The van der Waals surface area contributed by atoms with Crippen molar-refractivity contribution in [1.29, 1.82) is 0 Å². The topological polar surface area (TPSA) is 96.3 Å². The van der Waals surface area contributed by atoms with E-state index in [9.17, 15) is 9.59 Å². The second-order valence-electron chi connectivity index (χ2n) is 11.8. The molecule has 6 bridgehead atoms. The quantitative estimate of drug-likeness (QED) is 0.246. The first-order chi connectivity index (χ1) is 21.7. The van der Waals surface area contributed by atoms with Crippen LogP contribution in [-0.4, -0.2) is 62.5 Å². The van der Waals surface area contributed by atoms with E-state index in [1.807, 2.05) is 43.9 Å². The van der Waals surface area contributed by atoms with Crippen molar-refractivity contribution >= 4 is 28.4 Å². The third kappa shape index (κ3) is 5.70. The molecule has 232 valence electrons. The molecule has 2 aliphatic heterocycles. The number of aromatic nitrogens is 4. The van der Waals surface area contributed by atoms with Crippen LogP contribution in [0, 0.1) is 11.6 Å².